The predicted molar refractivity (Wildman–Crippen MR) is 56.8 cm³/mol. The molecule has 0 aliphatic carbocycles. The van der Waals surface area contributed by atoms with Gasteiger partial charge in [0.2, 0.25) is 5.95 Å². The van der Waals surface area contributed by atoms with Crippen molar-refractivity contribution in [2.24, 2.45) is 5.41 Å². The summed E-state index contributed by atoms with van der Waals surface area (Å²) in [5.74, 6) is 0.167. The van der Waals surface area contributed by atoms with Crippen LogP contribution in [0.4, 0.5) is 10.2 Å². The predicted octanol–water partition coefficient (Wildman–Crippen LogP) is 3.07. The summed E-state index contributed by atoms with van der Waals surface area (Å²) in [6.07, 6.45) is 1.03. The average Bonchev–Trinajstić information content (AvgIpc) is 2.01. The molecule has 1 heterocycles. The molecule has 0 unspecified atom stereocenters. The molecule has 2 nitrogen and oxygen atoms in total. The fourth-order valence-corrected chi connectivity index (χ4v) is 1.07. The number of hydrogen-bond donors (Lipinski definition) is 1. The van der Waals surface area contributed by atoms with Crippen LogP contribution in [-0.2, 0) is 0 Å². The number of nitrogens with one attached hydrogen (secondary N) is 1. The smallest absolute Gasteiger partial charge is 0.214 e. The van der Waals surface area contributed by atoms with Crippen LogP contribution in [0.3, 0.4) is 0 Å². The van der Waals surface area contributed by atoms with Gasteiger partial charge in [-0.15, -0.1) is 0 Å². The van der Waals surface area contributed by atoms with Crippen LogP contribution in [0.2, 0.25) is 0 Å². The number of hydrogen-bond acceptors (Lipinski definition) is 2. The molecule has 1 aromatic rings. The van der Waals surface area contributed by atoms with Crippen LogP contribution in [0.25, 0.3) is 0 Å². The van der Waals surface area contributed by atoms with Gasteiger partial charge in [-0.25, -0.2) is 4.98 Å². The lowest BCUT2D eigenvalue weighted by molar-refractivity contribution is 0.389. The number of aromatic nitrogens is 1. The monoisotopic (exact) mass is 196 g/mol. The van der Waals surface area contributed by atoms with Crippen LogP contribution in [-0.4, -0.2) is 11.5 Å². The van der Waals surface area contributed by atoms with E-state index in [1.54, 1.807) is 12.1 Å². The highest BCUT2D eigenvalue weighted by Gasteiger charge is 2.09. The van der Waals surface area contributed by atoms with Gasteiger partial charge in [0.05, 0.1) is 0 Å². The van der Waals surface area contributed by atoms with Gasteiger partial charge in [0.1, 0.15) is 5.82 Å². The summed E-state index contributed by atoms with van der Waals surface area (Å²) in [6, 6.07) is 4.77. The number of halogens is 1. The highest BCUT2D eigenvalue weighted by Crippen LogP contribution is 2.18. The minimum Gasteiger partial charge on any atom is -0.370 e. The Bertz CT molecular complexity index is 292. The van der Waals surface area contributed by atoms with Gasteiger partial charge in [-0.2, -0.15) is 4.39 Å². The van der Waals surface area contributed by atoms with E-state index in [-0.39, 0.29) is 0 Å². The van der Waals surface area contributed by atoms with Crippen molar-refractivity contribution in [1.29, 1.82) is 0 Å². The van der Waals surface area contributed by atoms with E-state index in [1.165, 1.54) is 6.07 Å². The molecule has 0 amide bonds. The molecule has 78 valence electrons. The number of pyridine rings is 1. The van der Waals surface area contributed by atoms with E-state index in [0.29, 0.717) is 11.2 Å². The van der Waals surface area contributed by atoms with E-state index >= 15 is 0 Å². The molecule has 14 heavy (non-hydrogen) atoms. The molecule has 3 heteroatoms. The van der Waals surface area contributed by atoms with Crippen LogP contribution >= 0.6 is 0 Å². The third kappa shape index (κ3) is 4.21. The Morgan fingerprint density at radius 1 is 1.36 bits per heavy atom. The Morgan fingerprint density at radius 2 is 2.07 bits per heavy atom. The zero-order valence-corrected chi connectivity index (χ0v) is 8.97. The van der Waals surface area contributed by atoms with E-state index in [0.717, 1.165) is 13.0 Å². The van der Waals surface area contributed by atoms with E-state index in [2.05, 4.69) is 31.1 Å². The summed E-state index contributed by atoms with van der Waals surface area (Å²) < 4.78 is 12.7. The third-order valence-electron chi connectivity index (χ3n) is 1.90. The topological polar surface area (TPSA) is 24.9 Å². The largest absolute Gasteiger partial charge is 0.370 e. The summed E-state index contributed by atoms with van der Waals surface area (Å²) in [4.78, 5) is 3.71. The van der Waals surface area contributed by atoms with Gasteiger partial charge < -0.3 is 5.32 Å². The first kappa shape index (κ1) is 11.0. The number of anilines is 1. The highest BCUT2D eigenvalue weighted by molar-refractivity contribution is 5.33. The van der Waals surface area contributed by atoms with Crippen molar-refractivity contribution in [3.8, 4) is 0 Å². The molecule has 0 aliphatic heterocycles. The lowest BCUT2D eigenvalue weighted by atomic mass is 9.92. The standard InChI is InChI=1S/C11H17FN2/c1-11(2,3)7-8-13-10-6-4-5-9(12)14-10/h4-6H,7-8H2,1-3H3,(H,13,14). The molecule has 0 aliphatic rings. The summed E-state index contributed by atoms with van der Waals surface area (Å²) in [5.41, 5.74) is 0.292. The summed E-state index contributed by atoms with van der Waals surface area (Å²) in [7, 11) is 0. The minimum atomic E-state index is -0.439. The molecule has 1 N–H and O–H groups in total. The quantitative estimate of drug-likeness (QED) is 0.751. The summed E-state index contributed by atoms with van der Waals surface area (Å²) >= 11 is 0. The van der Waals surface area contributed by atoms with Gasteiger partial charge in [-0.1, -0.05) is 26.8 Å². The molecule has 1 aromatic heterocycles. The highest BCUT2D eigenvalue weighted by atomic mass is 19.1. The van der Waals surface area contributed by atoms with E-state index < -0.39 is 5.95 Å². The fourth-order valence-electron chi connectivity index (χ4n) is 1.07. The van der Waals surface area contributed by atoms with Crippen LogP contribution in [0.15, 0.2) is 18.2 Å². The Balaban J connectivity index is 2.39. The van der Waals surface area contributed by atoms with Gasteiger partial charge in [-0.05, 0) is 24.0 Å². The van der Waals surface area contributed by atoms with Gasteiger partial charge in [0.15, 0.2) is 0 Å². The van der Waals surface area contributed by atoms with Crippen molar-refractivity contribution in [1.82, 2.24) is 4.98 Å². The average molecular weight is 196 g/mol. The lowest BCUT2D eigenvalue weighted by Crippen LogP contribution is -2.13. The van der Waals surface area contributed by atoms with Crippen LogP contribution < -0.4 is 5.32 Å². The second kappa shape index (κ2) is 4.40. The zero-order valence-electron chi connectivity index (χ0n) is 8.97. The van der Waals surface area contributed by atoms with Crippen molar-refractivity contribution >= 4 is 5.82 Å². The van der Waals surface area contributed by atoms with Gasteiger partial charge in [0, 0.05) is 6.54 Å². The molecule has 0 radical (unpaired) electrons. The molecule has 0 spiro atoms. The van der Waals surface area contributed by atoms with Crippen molar-refractivity contribution < 1.29 is 4.39 Å². The second-order valence-electron chi connectivity index (χ2n) is 4.58. The molecule has 0 saturated carbocycles. The van der Waals surface area contributed by atoms with Crippen LogP contribution in [0, 0.1) is 11.4 Å². The molecule has 0 saturated heterocycles. The number of nitrogens with zero attached hydrogens (tertiary/aromatic N) is 1. The normalized spacial score (nSPS) is 11.4. The zero-order chi connectivity index (χ0) is 10.6. The maximum atomic E-state index is 12.7. The second-order valence-corrected chi connectivity index (χ2v) is 4.58. The fraction of sp³-hybridized carbons (Fsp3) is 0.545. The molecule has 0 bridgehead atoms. The Morgan fingerprint density at radius 3 is 2.64 bits per heavy atom. The van der Waals surface area contributed by atoms with Crippen molar-refractivity contribution in [3.05, 3.63) is 24.1 Å². The van der Waals surface area contributed by atoms with Gasteiger partial charge >= 0.3 is 0 Å². The summed E-state index contributed by atoms with van der Waals surface area (Å²) in [6.45, 7) is 7.34. The molecule has 0 fully saturated rings. The van der Waals surface area contributed by atoms with Crippen LogP contribution in [0.1, 0.15) is 27.2 Å². The molecule has 0 atom stereocenters. The molecule has 0 aromatic carbocycles. The van der Waals surface area contributed by atoms with Crippen LogP contribution in [0.5, 0.6) is 0 Å². The molecular formula is C11H17FN2. The van der Waals surface area contributed by atoms with Crippen molar-refractivity contribution in [2.75, 3.05) is 11.9 Å². The summed E-state index contributed by atoms with van der Waals surface area (Å²) in [5, 5.41) is 3.09. The Hall–Kier alpha value is -1.12. The third-order valence-corrected chi connectivity index (χ3v) is 1.90. The maximum absolute atomic E-state index is 12.7. The maximum Gasteiger partial charge on any atom is 0.214 e. The molecular weight excluding hydrogens is 179 g/mol. The van der Waals surface area contributed by atoms with Crippen molar-refractivity contribution in [3.63, 3.8) is 0 Å². The number of rotatable bonds is 3. The Labute approximate surface area is 84.6 Å². The van der Waals surface area contributed by atoms with E-state index in [1.807, 2.05) is 0 Å². The first-order valence-corrected chi connectivity index (χ1v) is 4.84. The van der Waals surface area contributed by atoms with Crippen molar-refractivity contribution in [2.45, 2.75) is 27.2 Å². The van der Waals surface area contributed by atoms with Gasteiger partial charge in [-0.3, -0.25) is 0 Å². The lowest BCUT2D eigenvalue weighted by Gasteiger charge is -2.18. The van der Waals surface area contributed by atoms with E-state index in [9.17, 15) is 4.39 Å². The van der Waals surface area contributed by atoms with E-state index in [4.69, 9.17) is 0 Å². The minimum absolute atomic E-state index is 0.292. The molecule has 1 rings (SSSR count). The first-order valence-electron chi connectivity index (χ1n) is 4.84. The van der Waals surface area contributed by atoms with Gasteiger partial charge in [0.25, 0.3) is 0 Å². The first-order chi connectivity index (χ1) is 6.47. The SMILES string of the molecule is CC(C)(C)CCNc1cccc(F)n1. The Kier molecular flexibility index (Phi) is 3.44.